The molecule has 1 aliphatic rings. The maximum atomic E-state index is 11.5. The molecule has 0 aliphatic carbocycles. The Kier molecular flexibility index (Phi) is 5.08. The van der Waals surface area contributed by atoms with Crippen molar-refractivity contribution in [1.82, 2.24) is 4.31 Å². The molecule has 1 aromatic rings. The van der Waals surface area contributed by atoms with Crippen molar-refractivity contribution in [2.24, 2.45) is 5.92 Å². The van der Waals surface area contributed by atoms with E-state index in [0.717, 1.165) is 18.6 Å². The minimum absolute atomic E-state index is 0.280. The highest BCUT2D eigenvalue weighted by atomic mass is 127. The minimum atomic E-state index is -3.07. The van der Waals surface area contributed by atoms with Gasteiger partial charge in [-0.3, -0.25) is 0 Å². The summed E-state index contributed by atoms with van der Waals surface area (Å²) >= 11 is 2.25. The van der Waals surface area contributed by atoms with Gasteiger partial charge in [-0.25, -0.2) is 12.7 Å². The lowest BCUT2D eigenvalue weighted by molar-refractivity contribution is 0.180. The Morgan fingerprint density at radius 3 is 2.68 bits per heavy atom. The fourth-order valence-corrected chi connectivity index (χ4v) is 3.51. The van der Waals surface area contributed by atoms with Crippen molar-refractivity contribution in [2.75, 3.05) is 26.0 Å². The molecular formula is C13H18INO3S. The molecule has 0 radical (unpaired) electrons. The van der Waals surface area contributed by atoms with Crippen LogP contribution in [0.4, 0.5) is 0 Å². The van der Waals surface area contributed by atoms with Gasteiger partial charge in [0, 0.05) is 22.6 Å². The lowest BCUT2D eigenvalue weighted by Crippen LogP contribution is -2.40. The molecular weight excluding hydrogens is 377 g/mol. The third kappa shape index (κ3) is 4.61. The number of halogens is 1. The third-order valence-electron chi connectivity index (χ3n) is 3.25. The topological polar surface area (TPSA) is 46.6 Å². The fourth-order valence-electron chi connectivity index (χ4n) is 2.21. The Balaban J connectivity index is 1.87. The molecule has 0 bridgehead atoms. The first kappa shape index (κ1) is 15.1. The second-order valence-corrected chi connectivity index (χ2v) is 8.12. The van der Waals surface area contributed by atoms with Crippen LogP contribution >= 0.6 is 22.6 Å². The summed E-state index contributed by atoms with van der Waals surface area (Å²) in [5, 5.41) is 0. The maximum Gasteiger partial charge on any atom is 0.211 e. The molecule has 19 heavy (non-hydrogen) atoms. The van der Waals surface area contributed by atoms with Crippen molar-refractivity contribution in [3.63, 3.8) is 0 Å². The van der Waals surface area contributed by atoms with Gasteiger partial charge < -0.3 is 4.74 Å². The molecule has 1 aromatic carbocycles. The number of piperidine rings is 1. The zero-order chi connectivity index (χ0) is 13.9. The van der Waals surface area contributed by atoms with Crippen LogP contribution in [0.3, 0.4) is 0 Å². The van der Waals surface area contributed by atoms with Gasteiger partial charge in [0.15, 0.2) is 0 Å². The highest BCUT2D eigenvalue weighted by Crippen LogP contribution is 2.21. The molecule has 1 atom stereocenters. The minimum Gasteiger partial charge on any atom is -0.493 e. The van der Waals surface area contributed by atoms with E-state index >= 15 is 0 Å². The van der Waals surface area contributed by atoms with Crippen LogP contribution < -0.4 is 4.74 Å². The molecule has 1 aliphatic heterocycles. The van der Waals surface area contributed by atoms with Gasteiger partial charge in [0.1, 0.15) is 5.75 Å². The van der Waals surface area contributed by atoms with Crippen LogP contribution in [-0.2, 0) is 10.0 Å². The van der Waals surface area contributed by atoms with Crippen molar-refractivity contribution in [3.05, 3.63) is 27.8 Å². The van der Waals surface area contributed by atoms with E-state index in [-0.39, 0.29) is 5.92 Å². The highest BCUT2D eigenvalue weighted by molar-refractivity contribution is 14.1. The van der Waals surface area contributed by atoms with E-state index < -0.39 is 10.0 Å². The van der Waals surface area contributed by atoms with Crippen LogP contribution in [-0.4, -0.2) is 38.7 Å². The second kappa shape index (κ2) is 6.41. The SMILES string of the molecule is CS(=O)(=O)N1CCCC(COc2ccc(I)cc2)C1. The van der Waals surface area contributed by atoms with Crippen molar-refractivity contribution < 1.29 is 13.2 Å². The molecule has 2 rings (SSSR count). The van der Waals surface area contributed by atoms with Crippen molar-refractivity contribution in [2.45, 2.75) is 12.8 Å². The summed E-state index contributed by atoms with van der Waals surface area (Å²) in [5.41, 5.74) is 0. The highest BCUT2D eigenvalue weighted by Gasteiger charge is 2.26. The van der Waals surface area contributed by atoms with Gasteiger partial charge in [-0.05, 0) is 59.7 Å². The molecule has 0 spiro atoms. The maximum absolute atomic E-state index is 11.5. The van der Waals surface area contributed by atoms with E-state index in [1.165, 1.54) is 9.83 Å². The van der Waals surface area contributed by atoms with Gasteiger partial charge in [-0.2, -0.15) is 0 Å². The average Bonchev–Trinajstić information content (AvgIpc) is 2.37. The van der Waals surface area contributed by atoms with Gasteiger partial charge in [-0.1, -0.05) is 0 Å². The summed E-state index contributed by atoms with van der Waals surface area (Å²) in [7, 11) is -3.07. The van der Waals surface area contributed by atoms with Gasteiger partial charge in [0.2, 0.25) is 10.0 Å². The second-order valence-electron chi connectivity index (χ2n) is 4.89. The number of benzene rings is 1. The van der Waals surface area contributed by atoms with Gasteiger partial charge in [0.05, 0.1) is 12.9 Å². The third-order valence-corrected chi connectivity index (χ3v) is 5.24. The van der Waals surface area contributed by atoms with E-state index in [4.69, 9.17) is 4.74 Å². The molecule has 6 heteroatoms. The molecule has 1 unspecified atom stereocenters. The number of hydrogen-bond donors (Lipinski definition) is 0. The van der Waals surface area contributed by atoms with E-state index in [1.807, 2.05) is 24.3 Å². The predicted octanol–water partition coefficient (Wildman–Crippen LogP) is 2.34. The van der Waals surface area contributed by atoms with Crippen LogP contribution in [0.15, 0.2) is 24.3 Å². The van der Waals surface area contributed by atoms with Crippen LogP contribution in [0.25, 0.3) is 0 Å². The quantitative estimate of drug-likeness (QED) is 0.736. The van der Waals surface area contributed by atoms with Crippen LogP contribution in [0.5, 0.6) is 5.75 Å². The Labute approximate surface area is 128 Å². The summed E-state index contributed by atoms with van der Waals surface area (Å²) < 4.78 is 31.5. The normalized spacial score (nSPS) is 21.3. The van der Waals surface area contributed by atoms with E-state index in [9.17, 15) is 8.42 Å². The van der Waals surface area contributed by atoms with Crippen molar-refractivity contribution in [3.8, 4) is 5.75 Å². The lowest BCUT2D eigenvalue weighted by Gasteiger charge is -2.30. The monoisotopic (exact) mass is 395 g/mol. The molecule has 0 aromatic heterocycles. The first-order valence-corrected chi connectivity index (χ1v) is 9.21. The molecule has 0 saturated carbocycles. The first-order valence-electron chi connectivity index (χ1n) is 6.28. The number of nitrogens with zero attached hydrogens (tertiary/aromatic N) is 1. The Bertz CT molecular complexity index is 515. The first-order chi connectivity index (χ1) is 8.95. The number of hydrogen-bond acceptors (Lipinski definition) is 3. The summed E-state index contributed by atoms with van der Waals surface area (Å²) in [4.78, 5) is 0. The molecule has 106 valence electrons. The molecule has 1 fully saturated rings. The van der Waals surface area contributed by atoms with E-state index in [2.05, 4.69) is 22.6 Å². The molecule has 4 nitrogen and oxygen atoms in total. The van der Waals surface area contributed by atoms with Gasteiger partial charge >= 0.3 is 0 Å². The van der Waals surface area contributed by atoms with Crippen molar-refractivity contribution in [1.29, 1.82) is 0 Å². The van der Waals surface area contributed by atoms with E-state index in [0.29, 0.717) is 19.7 Å². The largest absolute Gasteiger partial charge is 0.493 e. The zero-order valence-electron chi connectivity index (χ0n) is 10.9. The average molecular weight is 395 g/mol. The predicted molar refractivity (Wildman–Crippen MR) is 83.8 cm³/mol. The van der Waals surface area contributed by atoms with Crippen molar-refractivity contribution >= 4 is 32.6 Å². The smallest absolute Gasteiger partial charge is 0.211 e. The standard InChI is InChI=1S/C13H18INO3S/c1-19(16,17)15-8-2-3-11(9-15)10-18-13-6-4-12(14)5-7-13/h4-7,11H,2-3,8-10H2,1H3. The number of sulfonamides is 1. The molecule has 0 amide bonds. The molecule has 1 saturated heterocycles. The Hall–Kier alpha value is -0.340. The number of rotatable bonds is 4. The zero-order valence-corrected chi connectivity index (χ0v) is 13.9. The molecule has 1 heterocycles. The van der Waals surface area contributed by atoms with Crippen LogP contribution in [0.2, 0.25) is 0 Å². The fraction of sp³-hybridized carbons (Fsp3) is 0.538. The number of ether oxygens (including phenoxy) is 1. The summed E-state index contributed by atoms with van der Waals surface area (Å²) in [6.07, 6.45) is 3.21. The van der Waals surface area contributed by atoms with Gasteiger partial charge in [0.25, 0.3) is 0 Å². The van der Waals surface area contributed by atoms with Crippen LogP contribution in [0, 0.1) is 9.49 Å². The Morgan fingerprint density at radius 1 is 1.37 bits per heavy atom. The summed E-state index contributed by atoms with van der Waals surface area (Å²) in [6, 6.07) is 7.89. The summed E-state index contributed by atoms with van der Waals surface area (Å²) in [5.74, 6) is 1.12. The van der Waals surface area contributed by atoms with E-state index in [1.54, 1.807) is 4.31 Å². The Morgan fingerprint density at radius 2 is 2.05 bits per heavy atom. The van der Waals surface area contributed by atoms with Crippen LogP contribution in [0.1, 0.15) is 12.8 Å². The molecule has 0 N–H and O–H groups in total. The summed E-state index contributed by atoms with van der Waals surface area (Å²) in [6.45, 7) is 1.79. The van der Waals surface area contributed by atoms with Gasteiger partial charge in [-0.15, -0.1) is 0 Å². The lowest BCUT2D eigenvalue weighted by atomic mass is 10.0.